The normalized spacial score (nSPS) is 14.3. The number of para-hydroxylation sites is 2. The van der Waals surface area contributed by atoms with Gasteiger partial charge in [-0.1, -0.05) is 12.1 Å². The molecule has 0 aromatic heterocycles. The molecule has 0 atom stereocenters. The Morgan fingerprint density at radius 3 is 2.04 bits per heavy atom. The van der Waals surface area contributed by atoms with Crippen LogP contribution in [0.4, 0.5) is 17.1 Å². The maximum atomic E-state index is 12.5. The topological polar surface area (TPSA) is 113 Å². The first-order valence-corrected chi connectivity index (χ1v) is 9.98. The maximum Gasteiger partial charge on any atom is 0.255 e. The Kier molecular flexibility index (Phi) is 4.95. The largest absolute Gasteiger partial charge is 0.320 e. The summed E-state index contributed by atoms with van der Waals surface area (Å²) in [5.41, 5.74) is 1.27. The Bertz CT molecular complexity index is 1000. The zero-order valence-electron chi connectivity index (χ0n) is 14.4. The molecule has 8 nitrogen and oxygen atoms in total. The molecule has 2 N–H and O–H groups in total. The van der Waals surface area contributed by atoms with Gasteiger partial charge in [0.2, 0.25) is 21.8 Å². The Morgan fingerprint density at radius 2 is 1.48 bits per heavy atom. The van der Waals surface area contributed by atoms with Crippen LogP contribution in [0.5, 0.6) is 0 Å². The monoisotopic (exact) mass is 387 g/mol. The number of amides is 3. The summed E-state index contributed by atoms with van der Waals surface area (Å²) in [7, 11) is -3.50. The molecule has 1 aliphatic heterocycles. The first-order chi connectivity index (χ1) is 12.7. The minimum Gasteiger partial charge on any atom is -0.320 e. The summed E-state index contributed by atoms with van der Waals surface area (Å²) in [5, 5.41) is 2.64. The van der Waals surface area contributed by atoms with Crippen molar-refractivity contribution in [2.45, 2.75) is 12.8 Å². The zero-order chi connectivity index (χ0) is 19.6. The third kappa shape index (κ3) is 4.32. The molecule has 27 heavy (non-hydrogen) atoms. The molecule has 0 saturated carbocycles. The van der Waals surface area contributed by atoms with Crippen molar-refractivity contribution in [2.75, 3.05) is 21.2 Å². The summed E-state index contributed by atoms with van der Waals surface area (Å²) in [6, 6.07) is 12.4. The molecule has 1 aliphatic rings. The number of hydrogen-bond donors (Lipinski definition) is 2. The van der Waals surface area contributed by atoms with Crippen molar-refractivity contribution in [3.63, 3.8) is 0 Å². The van der Waals surface area contributed by atoms with Crippen LogP contribution in [-0.2, 0) is 19.6 Å². The van der Waals surface area contributed by atoms with Crippen LogP contribution in [0.1, 0.15) is 23.2 Å². The molecule has 1 heterocycles. The summed E-state index contributed by atoms with van der Waals surface area (Å²) in [6.07, 6.45) is 1.39. The summed E-state index contributed by atoms with van der Waals surface area (Å²) in [4.78, 5) is 37.1. The van der Waals surface area contributed by atoms with Crippen molar-refractivity contribution >= 4 is 44.8 Å². The Balaban J connectivity index is 1.78. The minimum absolute atomic E-state index is 0.186. The molecule has 2 aromatic rings. The van der Waals surface area contributed by atoms with Crippen molar-refractivity contribution in [3.05, 3.63) is 54.1 Å². The van der Waals surface area contributed by atoms with Gasteiger partial charge in [-0.05, 0) is 36.4 Å². The lowest BCUT2D eigenvalue weighted by Gasteiger charge is -2.15. The van der Waals surface area contributed by atoms with Crippen molar-refractivity contribution in [3.8, 4) is 0 Å². The minimum atomic E-state index is -3.50. The second-order valence-corrected chi connectivity index (χ2v) is 7.79. The zero-order valence-corrected chi connectivity index (χ0v) is 15.2. The number of benzene rings is 2. The number of sulfonamides is 1. The van der Waals surface area contributed by atoms with Gasteiger partial charge in [-0.2, -0.15) is 0 Å². The molecule has 3 amide bonds. The number of anilines is 3. The summed E-state index contributed by atoms with van der Waals surface area (Å²) in [6.45, 7) is 0. The lowest BCUT2D eigenvalue weighted by Crippen LogP contribution is -2.28. The first kappa shape index (κ1) is 18.6. The van der Waals surface area contributed by atoms with Gasteiger partial charge in [0.25, 0.3) is 5.91 Å². The van der Waals surface area contributed by atoms with Crippen LogP contribution >= 0.6 is 0 Å². The van der Waals surface area contributed by atoms with E-state index in [-0.39, 0.29) is 30.3 Å². The highest BCUT2D eigenvalue weighted by Crippen LogP contribution is 2.25. The standard InChI is InChI=1S/C18H17N3O5S/c1-27(25,26)20-15-5-3-2-4-14(15)19-18(24)12-6-8-13(9-7-12)21-16(22)10-11-17(21)23/h2-9,20H,10-11H2,1H3,(H,19,24). The van der Waals surface area contributed by atoms with Crippen LogP contribution in [0.2, 0.25) is 0 Å². The molecule has 2 aromatic carbocycles. The van der Waals surface area contributed by atoms with Crippen molar-refractivity contribution in [1.82, 2.24) is 0 Å². The number of carbonyl (C=O) groups excluding carboxylic acids is 3. The van der Waals surface area contributed by atoms with E-state index in [1.54, 1.807) is 18.2 Å². The van der Waals surface area contributed by atoms with Gasteiger partial charge in [0.1, 0.15) is 0 Å². The molecule has 0 aliphatic carbocycles. The fourth-order valence-electron chi connectivity index (χ4n) is 2.70. The average Bonchev–Trinajstić information content (AvgIpc) is 2.94. The van der Waals surface area contributed by atoms with E-state index in [1.807, 2.05) is 0 Å². The van der Waals surface area contributed by atoms with Gasteiger partial charge in [-0.15, -0.1) is 0 Å². The lowest BCUT2D eigenvalue weighted by molar-refractivity contribution is -0.121. The van der Waals surface area contributed by atoms with Crippen molar-refractivity contribution in [2.24, 2.45) is 0 Å². The molecule has 0 radical (unpaired) electrons. The molecule has 1 fully saturated rings. The van der Waals surface area contributed by atoms with Gasteiger partial charge in [0, 0.05) is 18.4 Å². The van der Waals surface area contributed by atoms with Gasteiger partial charge in [0.05, 0.1) is 23.3 Å². The predicted molar refractivity (Wildman–Crippen MR) is 101 cm³/mol. The molecule has 0 spiro atoms. The Morgan fingerprint density at radius 1 is 0.926 bits per heavy atom. The lowest BCUT2D eigenvalue weighted by atomic mass is 10.1. The van der Waals surface area contributed by atoms with E-state index < -0.39 is 15.9 Å². The number of carbonyl (C=O) groups is 3. The second-order valence-electron chi connectivity index (χ2n) is 6.04. The highest BCUT2D eigenvalue weighted by Gasteiger charge is 2.30. The fourth-order valence-corrected chi connectivity index (χ4v) is 3.28. The molecular weight excluding hydrogens is 370 g/mol. The van der Waals surface area contributed by atoms with Gasteiger partial charge in [-0.3, -0.25) is 24.0 Å². The molecule has 9 heteroatoms. The van der Waals surface area contributed by atoms with Gasteiger partial charge in [0.15, 0.2) is 0 Å². The van der Waals surface area contributed by atoms with E-state index in [0.717, 1.165) is 11.2 Å². The van der Waals surface area contributed by atoms with Gasteiger partial charge in [-0.25, -0.2) is 8.42 Å². The number of imide groups is 1. The quantitative estimate of drug-likeness (QED) is 0.762. The van der Waals surface area contributed by atoms with Crippen LogP contribution < -0.4 is 14.9 Å². The highest BCUT2D eigenvalue weighted by atomic mass is 32.2. The first-order valence-electron chi connectivity index (χ1n) is 8.08. The number of nitrogens with zero attached hydrogens (tertiary/aromatic N) is 1. The SMILES string of the molecule is CS(=O)(=O)Nc1ccccc1NC(=O)c1ccc(N2C(=O)CCC2=O)cc1. The van der Waals surface area contributed by atoms with Gasteiger partial charge >= 0.3 is 0 Å². The van der Waals surface area contributed by atoms with Crippen LogP contribution in [0.15, 0.2) is 48.5 Å². The molecule has 0 unspecified atom stereocenters. The maximum absolute atomic E-state index is 12.5. The van der Waals surface area contributed by atoms with E-state index in [4.69, 9.17) is 0 Å². The Hall–Kier alpha value is -3.20. The van der Waals surface area contributed by atoms with E-state index in [1.165, 1.54) is 30.3 Å². The Labute approximate surface area is 156 Å². The molecule has 3 rings (SSSR count). The van der Waals surface area contributed by atoms with Crippen LogP contribution in [0, 0.1) is 0 Å². The third-order valence-electron chi connectivity index (χ3n) is 3.91. The molecule has 140 valence electrons. The van der Waals surface area contributed by atoms with Crippen LogP contribution in [0.3, 0.4) is 0 Å². The number of hydrogen-bond acceptors (Lipinski definition) is 5. The number of rotatable bonds is 5. The van der Waals surface area contributed by atoms with Crippen LogP contribution in [0.25, 0.3) is 0 Å². The van der Waals surface area contributed by atoms with Crippen molar-refractivity contribution in [1.29, 1.82) is 0 Å². The third-order valence-corrected chi connectivity index (χ3v) is 4.50. The van der Waals surface area contributed by atoms with E-state index in [0.29, 0.717) is 16.9 Å². The number of nitrogens with one attached hydrogen (secondary N) is 2. The summed E-state index contributed by atoms with van der Waals surface area (Å²) >= 11 is 0. The highest BCUT2D eigenvalue weighted by molar-refractivity contribution is 7.92. The predicted octanol–water partition coefficient (Wildman–Crippen LogP) is 1.96. The second kappa shape index (κ2) is 7.20. The summed E-state index contributed by atoms with van der Waals surface area (Å²) in [5.74, 6) is -0.987. The summed E-state index contributed by atoms with van der Waals surface area (Å²) < 4.78 is 25.2. The van der Waals surface area contributed by atoms with E-state index in [2.05, 4.69) is 10.0 Å². The van der Waals surface area contributed by atoms with Crippen molar-refractivity contribution < 1.29 is 22.8 Å². The molecule has 1 saturated heterocycles. The van der Waals surface area contributed by atoms with Gasteiger partial charge < -0.3 is 5.32 Å². The van der Waals surface area contributed by atoms with E-state index in [9.17, 15) is 22.8 Å². The smallest absolute Gasteiger partial charge is 0.255 e. The average molecular weight is 387 g/mol. The van der Waals surface area contributed by atoms with Crippen LogP contribution in [-0.4, -0.2) is 32.4 Å². The van der Waals surface area contributed by atoms with E-state index >= 15 is 0 Å². The fraction of sp³-hybridized carbons (Fsp3) is 0.167. The molecule has 0 bridgehead atoms. The molecular formula is C18H17N3O5S.